The molecule has 3 aromatic rings. The van der Waals surface area contributed by atoms with Crippen LogP contribution in [0.1, 0.15) is 16.5 Å². The molecule has 1 aliphatic heterocycles. The Kier molecular flexibility index (Phi) is 5.72. The van der Waals surface area contributed by atoms with Gasteiger partial charge in [-0.25, -0.2) is 9.18 Å². The molecule has 3 aromatic carbocycles. The number of carbonyl (C=O) groups is 2. The third kappa shape index (κ3) is 4.46. The summed E-state index contributed by atoms with van der Waals surface area (Å²) in [5.74, 6) is -0.0411. The van der Waals surface area contributed by atoms with Crippen molar-refractivity contribution in [2.24, 2.45) is 0 Å². The molecule has 0 spiro atoms. The molecule has 0 aliphatic carbocycles. The van der Waals surface area contributed by atoms with Crippen molar-refractivity contribution < 1.29 is 14.0 Å². The van der Waals surface area contributed by atoms with Crippen LogP contribution in [0, 0.1) is 12.7 Å². The lowest BCUT2D eigenvalue weighted by atomic mass is 10.1. The van der Waals surface area contributed by atoms with Crippen molar-refractivity contribution in [1.82, 2.24) is 0 Å². The molecule has 30 heavy (non-hydrogen) atoms. The molecular formula is C23H20FN3O2S. The van der Waals surface area contributed by atoms with E-state index in [1.807, 2.05) is 49.4 Å². The fraction of sp³-hybridized carbons (Fsp3) is 0.130. The quantitative estimate of drug-likeness (QED) is 0.580. The number of nitrogens with zero attached hydrogens (tertiary/aromatic N) is 1. The minimum absolute atomic E-state index is 0.0350. The molecule has 152 valence electrons. The molecule has 1 fully saturated rings. The maximum Gasteiger partial charge on any atom is 0.323 e. The van der Waals surface area contributed by atoms with Crippen LogP contribution in [0.25, 0.3) is 0 Å². The highest BCUT2D eigenvalue weighted by molar-refractivity contribution is 8.00. The van der Waals surface area contributed by atoms with Crippen molar-refractivity contribution in [2.45, 2.75) is 12.3 Å². The Morgan fingerprint density at radius 1 is 1.00 bits per heavy atom. The Morgan fingerprint density at radius 2 is 1.67 bits per heavy atom. The SMILES string of the molecule is Cc1cccc(NC(=O)Nc2cccc([C@@H]3SCC(=O)N3c3ccc(F)cc3)c2)c1. The van der Waals surface area contributed by atoms with Crippen molar-refractivity contribution in [2.75, 3.05) is 21.3 Å². The number of hydrogen-bond acceptors (Lipinski definition) is 3. The zero-order valence-corrected chi connectivity index (χ0v) is 17.1. The number of halogens is 1. The smallest absolute Gasteiger partial charge is 0.308 e. The average Bonchev–Trinajstić information content (AvgIpc) is 3.10. The van der Waals surface area contributed by atoms with Crippen LogP contribution in [0.4, 0.5) is 26.2 Å². The van der Waals surface area contributed by atoms with E-state index >= 15 is 0 Å². The Hall–Kier alpha value is -3.32. The van der Waals surface area contributed by atoms with Gasteiger partial charge in [0, 0.05) is 17.1 Å². The van der Waals surface area contributed by atoms with Gasteiger partial charge in [-0.15, -0.1) is 11.8 Å². The summed E-state index contributed by atoms with van der Waals surface area (Å²) in [6, 6.07) is 20.5. The lowest BCUT2D eigenvalue weighted by molar-refractivity contribution is -0.115. The summed E-state index contributed by atoms with van der Waals surface area (Å²) in [4.78, 5) is 26.5. The van der Waals surface area contributed by atoms with E-state index in [2.05, 4.69) is 10.6 Å². The van der Waals surface area contributed by atoms with Gasteiger partial charge in [0.25, 0.3) is 0 Å². The summed E-state index contributed by atoms with van der Waals surface area (Å²) in [5, 5.41) is 5.40. The number of benzene rings is 3. The molecule has 7 heteroatoms. The number of thioether (sulfide) groups is 1. The second-order valence-electron chi connectivity index (χ2n) is 6.98. The molecule has 3 amide bonds. The normalized spacial score (nSPS) is 15.9. The topological polar surface area (TPSA) is 61.4 Å². The zero-order valence-electron chi connectivity index (χ0n) is 16.3. The van der Waals surface area contributed by atoms with Crippen LogP contribution < -0.4 is 15.5 Å². The number of carbonyl (C=O) groups excluding carboxylic acids is 2. The van der Waals surface area contributed by atoms with Crippen molar-refractivity contribution in [3.05, 3.63) is 89.7 Å². The van der Waals surface area contributed by atoms with Gasteiger partial charge in [-0.1, -0.05) is 24.3 Å². The summed E-state index contributed by atoms with van der Waals surface area (Å²) in [5.41, 5.74) is 3.91. The number of urea groups is 1. The third-order valence-corrected chi connectivity index (χ3v) is 5.89. The van der Waals surface area contributed by atoms with Crippen molar-refractivity contribution in [3.63, 3.8) is 0 Å². The Bertz CT molecular complexity index is 1090. The van der Waals surface area contributed by atoms with Crippen LogP contribution in [0.5, 0.6) is 0 Å². The number of hydrogen-bond donors (Lipinski definition) is 2. The monoisotopic (exact) mass is 421 g/mol. The number of anilines is 3. The van der Waals surface area contributed by atoms with Crippen molar-refractivity contribution >= 4 is 40.8 Å². The van der Waals surface area contributed by atoms with Gasteiger partial charge in [-0.05, 0) is 66.6 Å². The molecule has 1 atom stereocenters. The molecule has 1 aliphatic rings. The highest BCUT2D eigenvalue weighted by Crippen LogP contribution is 2.42. The fourth-order valence-electron chi connectivity index (χ4n) is 3.34. The van der Waals surface area contributed by atoms with E-state index in [0.29, 0.717) is 22.8 Å². The second kappa shape index (κ2) is 8.59. The summed E-state index contributed by atoms with van der Waals surface area (Å²) >= 11 is 1.50. The molecule has 2 N–H and O–H groups in total. The number of amides is 3. The highest BCUT2D eigenvalue weighted by atomic mass is 32.2. The standard InChI is InChI=1S/C23H20FN3O2S/c1-15-4-2-6-18(12-15)25-23(29)26-19-7-3-5-16(13-19)22-27(21(28)14-30-22)20-10-8-17(24)9-11-20/h2-13,22H,14H2,1H3,(H2,25,26,29)/t22-/m0/s1. The minimum atomic E-state index is -0.347. The van der Waals surface area contributed by atoms with Gasteiger partial charge >= 0.3 is 6.03 Å². The summed E-state index contributed by atoms with van der Waals surface area (Å²) in [6.07, 6.45) is 0. The highest BCUT2D eigenvalue weighted by Gasteiger charge is 2.34. The predicted molar refractivity (Wildman–Crippen MR) is 119 cm³/mol. The lowest BCUT2D eigenvalue weighted by Crippen LogP contribution is -2.27. The number of nitrogens with one attached hydrogen (secondary N) is 2. The van der Waals surface area contributed by atoms with Crippen LogP contribution in [-0.2, 0) is 4.79 Å². The van der Waals surface area contributed by atoms with E-state index in [4.69, 9.17) is 0 Å². The lowest BCUT2D eigenvalue weighted by Gasteiger charge is -2.24. The van der Waals surface area contributed by atoms with E-state index < -0.39 is 0 Å². The van der Waals surface area contributed by atoms with Gasteiger partial charge in [0.15, 0.2) is 0 Å². The van der Waals surface area contributed by atoms with E-state index in [0.717, 1.165) is 11.1 Å². The van der Waals surface area contributed by atoms with E-state index in [9.17, 15) is 14.0 Å². The van der Waals surface area contributed by atoms with Gasteiger partial charge in [0.2, 0.25) is 5.91 Å². The first-order chi connectivity index (χ1) is 14.5. The van der Waals surface area contributed by atoms with Gasteiger partial charge in [-0.2, -0.15) is 0 Å². The van der Waals surface area contributed by atoms with Crippen LogP contribution in [-0.4, -0.2) is 17.7 Å². The average molecular weight is 421 g/mol. The maximum absolute atomic E-state index is 13.3. The molecule has 5 nitrogen and oxygen atoms in total. The molecule has 0 aromatic heterocycles. The summed E-state index contributed by atoms with van der Waals surface area (Å²) < 4.78 is 13.3. The Morgan fingerprint density at radius 3 is 2.37 bits per heavy atom. The maximum atomic E-state index is 13.3. The third-order valence-electron chi connectivity index (χ3n) is 4.68. The van der Waals surface area contributed by atoms with Crippen LogP contribution in [0.3, 0.4) is 0 Å². The molecular weight excluding hydrogens is 401 g/mol. The molecule has 0 bridgehead atoms. The van der Waals surface area contributed by atoms with E-state index in [1.54, 1.807) is 23.1 Å². The Balaban J connectivity index is 1.51. The zero-order chi connectivity index (χ0) is 21.1. The molecule has 0 radical (unpaired) electrons. The minimum Gasteiger partial charge on any atom is -0.308 e. The largest absolute Gasteiger partial charge is 0.323 e. The first-order valence-corrected chi connectivity index (χ1v) is 10.5. The van der Waals surface area contributed by atoms with Crippen LogP contribution in [0.2, 0.25) is 0 Å². The first-order valence-electron chi connectivity index (χ1n) is 9.43. The summed E-state index contributed by atoms with van der Waals surface area (Å²) in [6.45, 7) is 1.96. The molecule has 1 heterocycles. The van der Waals surface area contributed by atoms with Crippen LogP contribution >= 0.6 is 11.8 Å². The van der Waals surface area contributed by atoms with E-state index in [1.165, 1.54) is 23.9 Å². The second-order valence-corrected chi connectivity index (χ2v) is 8.05. The number of rotatable bonds is 4. The van der Waals surface area contributed by atoms with Crippen molar-refractivity contribution in [3.8, 4) is 0 Å². The number of aryl methyl sites for hydroxylation is 1. The van der Waals surface area contributed by atoms with E-state index in [-0.39, 0.29) is 23.1 Å². The van der Waals surface area contributed by atoms with Crippen LogP contribution in [0.15, 0.2) is 72.8 Å². The van der Waals surface area contributed by atoms with Gasteiger partial charge in [-0.3, -0.25) is 9.69 Å². The first kappa shape index (κ1) is 20.0. The molecule has 0 saturated carbocycles. The predicted octanol–water partition coefficient (Wildman–Crippen LogP) is 5.56. The van der Waals surface area contributed by atoms with Gasteiger partial charge in [0.05, 0.1) is 5.75 Å². The molecule has 0 unspecified atom stereocenters. The van der Waals surface area contributed by atoms with Gasteiger partial charge < -0.3 is 10.6 Å². The molecule has 4 rings (SSSR count). The Labute approximate surface area is 178 Å². The fourth-order valence-corrected chi connectivity index (χ4v) is 4.50. The molecule has 1 saturated heterocycles. The summed E-state index contributed by atoms with van der Waals surface area (Å²) in [7, 11) is 0. The van der Waals surface area contributed by atoms with Gasteiger partial charge in [0.1, 0.15) is 11.2 Å². The van der Waals surface area contributed by atoms with Crippen molar-refractivity contribution in [1.29, 1.82) is 0 Å².